The zero-order valence-electron chi connectivity index (χ0n) is 11.7. The molecular formula is C16H10BrN3O3. The SMILES string of the molecule is O=C(Nc1ccc(Br)cc1C(=O)O)c1ncc2ccccc2n1. The molecule has 6 nitrogen and oxygen atoms in total. The predicted octanol–water partition coefficient (Wildman–Crippen LogP) is 3.34. The van der Waals surface area contributed by atoms with Crippen LogP contribution in [0.5, 0.6) is 0 Å². The number of carboxylic acid groups (broad SMARTS) is 1. The smallest absolute Gasteiger partial charge is 0.337 e. The minimum Gasteiger partial charge on any atom is -0.478 e. The zero-order valence-corrected chi connectivity index (χ0v) is 13.2. The summed E-state index contributed by atoms with van der Waals surface area (Å²) in [5.74, 6) is -1.73. The van der Waals surface area contributed by atoms with Crippen molar-refractivity contribution in [3.8, 4) is 0 Å². The van der Waals surface area contributed by atoms with Crippen molar-refractivity contribution in [2.24, 2.45) is 0 Å². The molecule has 0 saturated carbocycles. The number of hydrogen-bond donors (Lipinski definition) is 2. The molecule has 7 heteroatoms. The second-order valence-electron chi connectivity index (χ2n) is 4.70. The molecule has 2 aromatic carbocycles. The Bertz CT molecular complexity index is 927. The first-order valence-electron chi connectivity index (χ1n) is 6.60. The number of nitrogens with one attached hydrogen (secondary N) is 1. The van der Waals surface area contributed by atoms with Crippen LogP contribution >= 0.6 is 15.9 Å². The van der Waals surface area contributed by atoms with Crippen molar-refractivity contribution in [3.05, 3.63) is 64.5 Å². The Balaban J connectivity index is 1.93. The number of carbonyl (C=O) groups is 2. The first-order valence-corrected chi connectivity index (χ1v) is 7.40. The lowest BCUT2D eigenvalue weighted by Gasteiger charge is -2.08. The highest BCUT2D eigenvalue weighted by Crippen LogP contribution is 2.21. The first kappa shape index (κ1) is 15.1. The third kappa shape index (κ3) is 3.19. The summed E-state index contributed by atoms with van der Waals surface area (Å²) >= 11 is 3.20. The van der Waals surface area contributed by atoms with Crippen LogP contribution in [0.4, 0.5) is 5.69 Å². The fourth-order valence-electron chi connectivity index (χ4n) is 2.06. The van der Waals surface area contributed by atoms with E-state index in [0.717, 1.165) is 5.39 Å². The molecule has 0 aliphatic rings. The Morgan fingerprint density at radius 2 is 1.91 bits per heavy atom. The van der Waals surface area contributed by atoms with E-state index in [9.17, 15) is 14.7 Å². The van der Waals surface area contributed by atoms with Gasteiger partial charge in [0.1, 0.15) is 0 Å². The van der Waals surface area contributed by atoms with Gasteiger partial charge < -0.3 is 10.4 Å². The normalized spacial score (nSPS) is 10.5. The molecule has 0 unspecified atom stereocenters. The maximum Gasteiger partial charge on any atom is 0.337 e. The molecule has 2 N–H and O–H groups in total. The molecule has 0 spiro atoms. The van der Waals surface area contributed by atoms with Crippen LogP contribution in [0.3, 0.4) is 0 Å². The quantitative estimate of drug-likeness (QED) is 0.736. The third-order valence-electron chi connectivity index (χ3n) is 3.15. The monoisotopic (exact) mass is 371 g/mol. The van der Waals surface area contributed by atoms with Gasteiger partial charge in [0, 0.05) is 16.1 Å². The minimum atomic E-state index is -1.14. The van der Waals surface area contributed by atoms with Crippen molar-refractivity contribution in [2.45, 2.75) is 0 Å². The van der Waals surface area contributed by atoms with Crippen molar-refractivity contribution >= 4 is 44.4 Å². The number of rotatable bonds is 3. The summed E-state index contributed by atoms with van der Waals surface area (Å²) in [5.41, 5.74) is 0.804. The molecule has 0 aliphatic carbocycles. The molecule has 0 fully saturated rings. The molecule has 1 heterocycles. The number of nitrogens with zero attached hydrogens (tertiary/aromatic N) is 2. The van der Waals surface area contributed by atoms with E-state index in [2.05, 4.69) is 31.2 Å². The molecule has 3 aromatic rings. The molecule has 0 bridgehead atoms. The number of fused-ring (bicyclic) bond motifs is 1. The Morgan fingerprint density at radius 3 is 2.70 bits per heavy atom. The zero-order chi connectivity index (χ0) is 16.4. The Hall–Kier alpha value is -2.80. The maximum atomic E-state index is 12.3. The third-order valence-corrected chi connectivity index (χ3v) is 3.65. The van der Waals surface area contributed by atoms with Crippen molar-refractivity contribution in [1.82, 2.24) is 9.97 Å². The van der Waals surface area contributed by atoms with E-state index in [-0.39, 0.29) is 17.1 Å². The van der Waals surface area contributed by atoms with Crippen molar-refractivity contribution in [3.63, 3.8) is 0 Å². The van der Waals surface area contributed by atoms with Crippen LogP contribution in [0.1, 0.15) is 21.0 Å². The van der Waals surface area contributed by atoms with Crippen LogP contribution in [-0.2, 0) is 0 Å². The summed E-state index contributed by atoms with van der Waals surface area (Å²) in [6.07, 6.45) is 1.55. The molecule has 1 amide bonds. The van der Waals surface area contributed by atoms with E-state index in [0.29, 0.717) is 9.99 Å². The molecule has 114 valence electrons. The standard InChI is InChI=1S/C16H10BrN3O3/c17-10-5-6-13(11(7-10)16(22)23)20-15(21)14-18-8-9-3-1-2-4-12(9)19-14/h1-8H,(H,20,21)(H,22,23). The van der Waals surface area contributed by atoms with Crippen molar-refractivity contribution in [2.75, 3.05) is 5.32 Å². The van der Waals surface area contributed by atoms with Gasteiger partial charge in [-0.3, -0.25) is 4.79 Å². The number of hydrogen-bond acceptors (Lipinski definition) is 4. The van der Waals surface area contributed by atoms with Crippen molar-refractivity contribution < 1.29 is 14.7 Å². The highest BCUT2D eigenvalue weighted by Gasteiger charge is 2.16. The first-order chi connectivity index (χ1) is 11.0. The lowest BCUT2D eigenvalue weighted by molar-refractivity contribution is 0.0698. The fraction of sp³-hybridized carbons (Fsp3) is 0. The summed E-state index contributed by atoms with van der Waals surface area (Å²) < 4.78 is 0.606. The number of carbonyl (C=O) groups excluding carboxylic acids is 1. The highest BCUT2D eigenvalue weighted by atomic mass is 79.9. The number of aromatic nitrogens is 2. The number of benzene rings is 2. The minimum absolute atomic E-state index is 0.0199. The Labute approximate surface area is 139 Å². The van der Waals surface area contributed by atoms with Crippen LogP contribution < -0.4 is 5.32 Å². The summed E-state index contributed by atoms with van der Waals surface area (Å²) in [6.45, 7) is 0. The van der Waals surface area contributed by atoms with Gasteiger partial charge in [-0.05, 0) is 24.3 Å². The number of para-hydroxylation sites is 1. The van der Waals surface area contributed by atoms with Crippen LogP contribution in [-0.4, -0.2) is 27.0 Å². The van der Waals surface area contributed by atoms with Gasteiger partial charge in [0.15, 0.2) is 0 Å². The van der Waals surface area contributed by atoms with Crippen LogP contribution in [0.25, 0.3) is 10.9 Å². The van der Waals surface area contributed by atoms with E-state index >= 15 is 0 Å². The number of carboxylic acids is 1. The topological polar surface area (TPSA) is 92.2 Å². The second-order valence-corrected chi connectivity index (χ2v) is 5.62. The van der Waals surface area contributed by atoms with Gasteiger partial charge in [-0.25, -0.2) is 14.8 Å². The van der Waals surface area contributed by atoms with E-state index in [1.807, 2.05) is 18.2 Å². The lowest BCUT2D eigenvalue weighted by atomic mass is 10.2. The van der Waals surface area contributed by atoms with E-state index < -0.39 is 11.9 Å². The van der Waals surface area contributed by atoms with Gasteiger partial charge >= 0.3 is 5.97 Å². The van der Waals surface area contributed by atoms with E-state index in [1.54, 1.807) is 18.3 Å². The number of amides is 1. The lowest BCUT2D eigenvalue weighted by Crippen LogP contribution is -2.17. The molecule has 0 saturated heterocycles. The van der Waals surface area contributed by atoms with Crippen LogP contribution in [0.15, 0.2) is 53.1 Å². The molecule has 0 aliphatic heterocycles. The molecule has 1 aromatic heterocycles. The van der Waals surface area contributed by atoms with Crippen molar-refractivity contribution in [1.29, 1.82) is 0 Å². The van der Waals surface area contributed by atoms with Crippen LogP contribution in [0, 0.1) is 0 Å². The van der Waals surface area contributed by atoms with E-state index in [1.165, 1.54) is 12.1 Å². The van der Waals surface area contributed by atoms with Crippen LogP contribution in [0.2, 0.25) is 0 Å². The fourth-order valence-corrected chi connectivity index (χ4v) is 2.42. The average molecular weight is 372 g/mol. The molecule has 0 radical (unpaired) electrons. The van der Waals surface area contributed by atoms with Gasteiger partial charge in [0.05, 0.1) is 16.8 Å². The van der Waals surface area contributed by atoms with Gasteiger partial charge in [0.25, 0.3) is 5.91 Å². The molecule has 0 atom stereocenters. The van der Waals surface area contributed by atoms with Gasteiger partial charge in [0.2, 0.25) is 5.82 Å². The summed E-state index contributed by atoms with van der Waals surface area (Å²) in [5, 5.41) is 12.6. The number of anilines is 1. The highest BCUT2D eigenvalue weighted by molar-refractivity contribution is 9.10. The summed E-state index contributed by atoms with van der Waals surface area (Å²) in [7, 11) is 0. The summed E-state index contributed by atoms with van der Waals surface area (Å²) in [4.78, 5) is 31.7. The Morgan fingerprint density at radius 1 is 1.13 bits per heavy atom. The maximum absolute atomic E-state index is 12.3. The number of halogens is 1. The van der Waals surface area contributed by atoms with Gasteiger partial charge in [-0.2, -0.15) is 0 Å². The van der Waals surface area contributed by atoms with Gasteiger partial charge in [-0.1, -0.05) is 34.1 Å². The van der Waals surface area contributed by atoms with E-state index in [4.69, 9.17) is 0 Å². The predicted molar refractivity (Wildman–Crippen MR) is 88.6 cm³/mol. The molecular weight excluding hydrogens is 362 g/mol. The molecule has 3 rings (SSSR count). The number of aromatic carboxylic acids is 1. The molecule has 23 heavy (non-hydrogen) atoms. The van der Waals surface area contributed by atoms with Gasteiger partial charge in [-0.15, -0.1) is 0 Å². The average Bonchev–Trinajstić information content (AvgIpc) is 2.55. The Kier molecular flexibility index (Phi) is 4.03. The summed E-state index contributed by atoms with van der Waals surface area (Å²) in [6, 6.07) is 11.8. The second kappa shape index (κ2) is 6.13. The largest absolute Gasteiger partial charge is 0.478 e.